The highest BCUT2D eigenvalue weighted by Crippen LogP contribution is 2.50. The molecule has 5 heteroatoms. The Morgan fingerprint density at radius 1 is 1.27 bits per heavy atom. The number of nitrogens with zero attached hydrogens (tertiary/aromatic N) is 1. The highest BCUT2D eigenvalue weighted by molar-refractivity contribution is 5.97. The van der Waals surface area contributed by atoms with E-state index in [1.165, 1.54) is 48.5 Å². The van der Waals surface area contributed by atoms with Crippen molar-refractivity contribution in [1.29, 1.82) is 5.41 Å². The molecule has 1 aromatic heterocycles. The third kappa shape index (κ3) is 4.05. The Hall–Kier alpha value is -2.40. The van der Waals surface area contributed by atoms with E-state index in [0.29, 0.717) is 30.6 Å². The molecule has 0 spiro atoms. The highest BCUT2D eigenvalue weighted by atomic mass is 19.1. The van der Waals surface area contributed by atoms with Crippen LogP contribution in [0.1, 0.15) is 87.1 Å². The van der Waals surface area contributed by atoms with Gasteiger partial charge in [0.1, 0.15) is 5.83 Å². The number of aliphatic hydroxyl groups is 1. The Kier molecular flexibility index (Phi) is 5.94. The summed E-state index contributed by atoms with van der Waals surface area (Å²) in [5, 5.41) is 18.6. The van der Waals surface area contributed by atoms with E-state index in [4.69, 9.17) is 11.1 Å². The molecule has 33 heavy (non-hydrogen) atoms. The van der Waals surface area contributed by atoms with Crippen LogP contribution in [-0.2, 0) is 6.42 Å². The molecule has 176 valence electrons. The van der Waals surface area contributed by atoms with E-state index in [1.807, 2.05) is 6.08 Å². The lowest BCUT2D eigenvalue weighted by Crippen LogP contribution is -2.36. The molecule has 2 saturated carbocycles. The number of benzene rings is 1. The minimum Gasteiger partial charge on any atom is -0.398 e. The number of aromatic nitrogens is 1. The van der Waals surface area contributed by atoms with Gasteiger partial charge in [-0.1, -0.05) is 25.8 Å². The smallest absolute Gasteiger partial charge is 0.119 e. The molecule has 1 atom stereocenters. The van der Waals surface area contributed by atoms with Crippen LogP contribution < -0.4 is 5.73 Å². The fraction of sp³-hybridized carbons (Fsp3) is 0.536. The average molecular weight is 450 g/mol. The Morgan fingerprint density at radius 3 is 2.67 bits per heavy atom. The van der Waals surface area contributed by atoms with E-state index in [2.05, 4.69) is 23.6 Å². The van der Waals surface area contributed by atoms with Crippen molar-refractivity contribution in [2.45, 2.75) is 76.7 Å². The van der Waals surface area contributed by atoms with E-state index in [-0.39, 0.29) is 17.3 Å². The Morgan fingerprint density at radius 2 is 2.03 bits per heavy atom. The van der Waals surface area contributed by atoms with E-state index in [1.54, 1.807) is 12.2 Å². The zero-order valence-electron chi connectivity index (χ0n) is 19.6. The number of nitrogens with two attached hydrogens (primary N) is 1. The molecule has 4 nitrogen and oxygen atoms in total. The first-order chi connectivity index (χ1) is 15.9. The van der Waals surface area contributed by atoms with Gasteiger partial charge in [-0.15, -0.1) is 0 Å². The number of halogens is 1. The fourth-order valence-corrected chi connectivity index (χ4v) is 6.73. The van der Waals surface area contributed by atoms with Gasteiger partial charge in [0.15, 0.2) is 0 Å². The van der Waals surface area contributed by atoms with E-state index >= 15 is 0 Å². The molecule has 3 aliphatic carbocycles. The van der Waals surface area contributed by atoms with Crippen molar-refractivity contribution >= 4 is 22.8 Å². The summed E-state index contributed by atoms with van der Waals surface area (Å²) in [6.07, 6.45) is 16.4. The quantitative estimate of drug-likeness (QED) is 0.330. The topological polar surface area (TPSA) is 75.0 Å². The third-order valence-corrected chi connectivity index (χ3v) is 8.42. The van der Waals surface area contributed by atoms with Crippen molar-refractivity contribution < 1.29 is 9.50 Å². The molecule has 4 N–H and O–H groups in total. The normalized spacial score (nSPS) is 27.7. The van der Waals surface area contributed by atoms with Crippen molar-refractivity contribution in [3.8, 4) is 0 Å². The van der Waals surface area contributed by atoms with Crippen LogP contribution in [0.3, 0.4) is 0 Å². The van der Waals surface area contributed by atoms with Crippen molar-refractivity contribution in [1.82, 2.24) is 4.57 Å². The molecular formula is C28H36FN3O. The zero-order chi connectivity index (χ0) is 23.2. The first kappa shape index (κ1) is 22.4. The van der Waals surface area contributed by atoms with Crippen LogP contribution >= 0.6 is 0 Å². The second-order valence-corrected chi connectivity index (χ2v) is 10.9. The number of aliphatic hydroxyl groups excluding tert-OH is 1. The number of fused-ring (bicyclic) bond motifs is 1. The molecule has 1 aromatic carbocycles. The Balaban J connectivity index is 1.63. The summed E-state index contributed by atoms with van der Waals surface area (Å²) in [5.41, 5.74) is 12.0. The number of rotatable bonds is 7. The molecule has 0 bridgehead atoms. The summed E-state index contributed by atoms with van der Waals surface area (Å²) >= 11 is 0. The molecule has 3 aliphatic rings. The van der Waals surface area contributed by atoms with Crippen molar-refractivity contribution in [3.05, 3.63) is 53.0 Å². The molecule has 0 aliphatic heterocycles. The average Bonchev–Trinajstić information content (AvgIpc) is 3.42. The number of nitrogen functional groups attached to an aromatic ring is 1. The third-order valence-electron chi connectivity index (χ3n) is 8.42. The summed E-state index contributed by atoms with van der Waals surface area (Å²) in [6, 6.07) is 4.22. The number of anilines is 1. The molecule has 1 heterocycles. The van der Waals surface area contributed by atoms with Gasteiger partial charge < -0.3 is 20.8 Å². The number of hydrogen-bond acceptors (Lipinski definition) is 3. The predicted octanol–water partition coefficient (Wildman–Crippen LogP) is 6.57. The number of hydrogen-bond donors (Lipinski definition) is 3. The minimum absolute atomic E-state index is 0.0802. The second kappa shape index (κ2) is 8.75. The second-order valence-electron chi connectivity index (χ2n) is 10.9. The van der Waals surface area contributed by atoms with Crippen LogP contribution in [0.15, 0.2) is 36.2 Å². The summed E-state index contributed by atoms with van der Waals surface area (Å²) in [4.78, 5) is 0. The monoisotopic (exact) mass is 449 g/mol. The van der Waals surface area contributed by atoms with Crippen molar-refractivity contribution in [2.75, 3.05) is 12.3 Å². The predicted molar refractivity (Wildman–Crippen MR) is 134 cm³/mol. The summed E-state index contributed by atoms with van der Waals surface area (Å²) in [7, 11) is 0. The molecule has 0 radical (unpaired) electrons. The van der Waals surface area contributed by atoms with Crippen LogP contribution in [0.25, 0.3) is 10.9 Å². The Bertz CT molecular complexity index is 1120. The number of nitrogens with one attached hydrogen (secondary N) is 1. The lowest BCUT2D eigenvalue weighted by molar-refractivity contribution is 0.0249. The van der Waals surface area contributed by atoms with Gasteiger partial charge in [0, 0.05) is 40.7 Å². The maximum atomic E-state index is 13.8. The van der Waals surface area contributed by atoms with Gasteiger partial charge in [-0.3, -0.25) is 0 Å². The molecule has 0 saturated heterocycles. The van der Waals surface area contributed by atoms with Crippen LogP contribution in [0, 0.1) is 16.7 Å². The molecule has 2 aromatic rings. The molecule has 5 rings (SSSR count). The first-order valence-electron chi connectivity index (χ1n) is 12.5. The number of aryl methyl sites for hydroxylation is 1. The van der Waals surface area contributed by atoms with Gasteiger partial charge in [0.05, 0.1) is 6.04 Å². The van der Waals surface area contributed by atoms with Crippen molar-refractivity contribution in [2.24, 2.45) is 11.3 Å². The Labute approximate surface area is 195 Å². The fourth-order valence-electron chi connectivity index (χ4n) is 6.73. The lowest BCUT2D eigenvalue weighted by atomic mass is 9.61. The van der Waals surface area contributed by atoms with Gasteiger partial charge in [0.25, 0.3) is 0 Å². The largest absolute Gasteiger partial charge is 0.398 e. The van der Waals surface area contributed by atoms with Gasteiger partial charge >= 0.3 is 0 Å². The zero-order valence-corrected chi connectivity index (χ0v) is 19.6. The van der Waals surface area contributed by atoms with Gasteiger partial charge in [-0.05, 0) is 92.0 Å². The summed E-state index contributed by atoms with van der Waals surface area (Å²) in [5.74, 6) is 0.803. The van der Waals surface area contributed by atoms with E-state index in [0.717, 1.165) is 36.8 Å². The SMILES string of the molecule is CC1(CCc2c(C3CCCC3)n(C3C=CC(F)=CC3)c3cc(C=N)c(N)cc23)CC(CO)C1. The van der Waals surface area contributed by atoms with Gasteiger partial charge in [0.2, 0.25) is 0 Å². The lowest BCUT2D eigenvalue weighted by Gasteiger charge is -2.45. The highest BCUT2D eigenvalue weighted by Gasteiger charge is 2.40. The minimum atomic E-state index is -0.161. The van der Waals surface area contributed by atoms with Crippen molar-refractivity contribution in [3.63, 3.8) is 0 Å². The van der Waals surface area contributed by atoms with Crippen LogP contribution in [0.2, 0.25) is 0 Å². The maximum absolute atomic E-state index is 13.8. The molecule has 1 unspecified atom stereocenters. The van der Waals surface area contributed by atoms with E-state index < -0.39 is 0 Å². The molecule has 2 fully saturated rings. The summed E-state index contributed by atoms with van der Waals surface area (Å²) in [6.45, 7) is 2.65. The first-order valence-corrected chi connectivity index (χ1v) is 12.5. The van der Waals surface area contributed by atoms with Gasteiger partial charge in [-0.25, -0.2) is 4.39 Å². The van der Waals surface area contributed by atoms with Crippen LogP contribution in [0.5, 0.6) is 0 Å². The summed E-state index contributed by atoms with van der Waals surface area (Å²) < 4.78 is 16.3. The maximum Gasteiger partial charge on any atom is 0.119 e. The standard InChI is InChI=1S/C28H36FN3O/c1-28(14-18(15-28)17-33)11-10-23-24-13-25(31)20(16-30)12-26(24)32(22-8-6-21(29)7-9-22)27(23)19-4-2-3-5-19/h6-8,12-13,16,18-19,22,30,33H,2-5,9-11,14-15,17,31H2,1H3. The molecular weight excluding hydrogens is 413 g/mol. The van der Waals surface area contributed by atoms with Crippen LogP contribution in [-0.4, -0.2) is 22.5 Å². The van der Waals surface area contributed by atoms with Gasteiger partial charge in [-0.2, -0.15) is 0 Å². The number of allylic oxidation sites excluding steroid dienone is 4. The molecule has 0 amide bonds. The van der Waals surface area contributed by atoms with Crippen LogP contribution in [0.4, 0.5) is 10.1 Å². The van der Waals surface area contributed by atoms with E-state index in [9.17, 15) is 9.50 Å².